The summed E-state index contributed by atoms with van der Waals surface area (Å²) in [5, 5.41) is 8.34. The number of aryl methyl sites for hydroxylation is 1. The van der Waals surface area contributed by atoms with Crippen LogP contribution in [0.4, 0.5) is 4.39 Å². The van der Waals surface area contributed by atoms with Gasteiger partial charge in [-0.2, -0.15) is 0 Å². The molecule has 2 aliphatic rings. The Bertz CT molecular complexity index is 1330. The number of carbonyl (C=O) groups excluding carboxylic acids is 1. The third-order valence-corrected chi connectivity index (χ3v) is 6.15. The number of likely N-dealkylation sites (tertiary alicyclic amines) is 1. The van der Waals surface area contributed by atoms with Crippen molar-refractivity contribution in [3.05, 3.63) is 72.2 Å². The molecule has 9 nitrogen and oxygen atoms in total. The molecule has 0 saturated carbocycles. The van der Waals surface area contributed by atoms with E-state index in [4.69, 9.17) is 4.74 Å². The zero-order valence-corrected chi connectivity index (χ0v) is 17.8. The number of hydrogen-bond acceptors (Lipinski definition) is 6. The van der Waals surface area contributed by atoms with Crippen molar-refractivity contribution in [1.82, 2.24) is 34.4 Å². The number of amides is 1. The number of imidazole rings is 1. The van der Waals surface area contributed by atoms with Gasteiger partial charge in [0.2, 0.25) is 0 Å². The van der Waals surface area contributed by atoms with E-state index >= 15 is 0 Å². The highest BCUT2D eigenvalue weighted by Crippen LogP contribution is 2.38. The fourth-order valence-electron chi connectivity index (χ4n) is 4.31. The highest BCUT2D eigenvalue weighted by atomic mass is 19.1. The summed E-state index contributed by atoms with van der Waals surface area (Å²) in [6.45, 7) is 4.81. The summed E-state index contributed by atoms with van der Waals surface area (Å²) in [6, 6.07) is 9.60. The van der Waals surface area contributed by atoms with Crippen molar-refractivity contribution in [1.29, 1.82) is 0 Å². The van der Waals surface area contributed by atoms with Crippen LogP contribution in [-0.4, -0.2) is 66.6 Å². The van der Waals surface area contributed by atoms with Gasteiger partial charge in [-0.15, -0.1) is 5.10 Å². The Morgan fingerprint density at radius 1 is 1.09 bits per heavy atom. The van der Waals surface area contributed by atoms with E-state index in [0.29, 0.717) is 34.2 Å². The van der Waals surface area contributed by atoms with E-state index in [9.17, 15) is 9.18 Å². The minimum atomic E-state index is -0.319. The van der Waals surface area contributed by atoms with E-state index in [0.717, 1.165) is 26.3 Å². The average Bonchev–Trinajstić information content (AvgIpc) is 3.39. The molecule has 10 heteroatoms. The first-order chi connectivity index (χ1) is 16.0. The summed E-state index contributed by atoms with van der Waals surface area (Å²) >= 11 is 0. The highest BCUT2D eigenvalue weighted by molar-refractivity contribution is 5.94. The van der Waals surface area contributed by atoms with Gasteiger partial charge in [0, 0.05) is 25.5 Å². The van der Waals surface area contributed by atoms with Gasteiger partial charge in [-0.05, 0) is 43.3 Å². The summed E-state index contributed by atoms with van der Waals surface area (Å²) < 4.78 is 22.0. The summed E-state index contributed by atoms with van der Waals surface area (Å²) in [5.41, 5.74) is 3.48. The van der Waals surface area contributed by atoms with Gasteiger partial charge in [0.05, 0.1) is 35.6 Å². The maximum atomic E-state index is 13.3. The molecular formula is C23H20FN7O2. The minimum absolute atomic E-state index is 0.0113. The Balaban J connectivity index is 1.23. The van der Waals surface area contributed by atoms with Crippen LogP contribution in [0.25, 0.3) is 22.9 Å². The van der Waals surface area contributed by atoms with Crippen LogP contribution in [-0.2, 0) is 4.74 Å². The molecule has 166 valence electrons. The van der Waals surface area contributed by atoms with E-state index in [-0.39, 0.29) is 17.1 Å². The molecule has 0 bridgehead atoms. The van der Waals surface area contributed by atoms with Crippen LogP contribution in [0.3, 0.4) is 0 Å². The third-order valence-electron chi connectivity index (χ3n) is 6.15. The van der Waals surface area contributed by atoms with Crippen molar-refractivity contribution in [2.75, 3.05) is 26.3 Å². The molecule has 3 aromatic heterocycles. The average molecular weight is 445 g/mol. The van der Waals surface area contributed by atoms with E-state index in [1.807, 2.05) is 18.0 Å². The van der Waals surface area contributed by atoms with Gasteiger partial charge in [-0.25, -0.2) is 19.0 Å². The molecule has 2 saturated heterocycles. The lowest BCUT2D eigenvalue weighted by Gasteiger charge is -2.54. The minimum Gasteiger partial charge on any atom is -0.380 e. The molecular weight excluding hydrogens is 425 g/mol. The Labute approximate surface area is 188 Å². The van der Waals surface area contributed by atoms with Crippen molar-refractivity contribution in [3.8, 4) is 22.9 Å². The molecule has 33 heavy (non-hydrogen) atoms. The zero-order chi connectivity index (χ0) is 22.6. The standard InChI is InChI=1S/C23H20FN7O2/c1-15-21(31(28-27-15)18-5-3-17(24)4-6-18)19-9-29(14-26-19)20-7-2-16(8-25-20)22(32)30-10-23(11-30)12-33-13-23/h2-9,14H,10-13H2,1H3. The van der Waals surface area contributed by atoms with Crippen molar-refractivity contribution < 1.29 is 13.9 Å². The Kier molecular flexibility index (Phi) is 4.37. The molecule has 6 rings (SSSR count). The quantitative estimate of drug-likeness (QED) is 0.479. The number of carbonyl (C=O) groups is 1. The number of halogens is 1. The topological polar surface area (TPSA) is 91.0 Å². The first kappa shape index (κ1) is 19.7. The van der Waals surface area contributed by atoms with Crippen molar-refractivity contribution >= 4 is 5.91 Å². The second kappa shape index (κ2) is 7.31. The number of aromatic nitrogens is 6. The van der Waals surface area contributed by atoms with Gasteiger partial charge >= 0.3 is 0 Å². The van der Waals surface area contributed by atoms with E-state index < -0.39 is 0 Å². The number of benzene rings is 1. The van der Waals surface area contributed by atoms with E-state index in [2.05, 4.69) is 20.3 Å². The van der Waals surface area contributed by atoms with Gasteiger partial charge in [0.1, 0.15) is 29.4 Å². The second-order valence-electron chi connectivity index (χ2n) is 8.64. The van der Waals surface area contributed by atoms with Gasteiger partial charge in [0.25, 0.3) is 5.91 Å². The van der Waals surface area contributed by atoms with Gasteiger partial charge in [0.15, 0.2) is 0 Å². The van der Waals surface area contributed by atoms with Crippen molar-refractivity contribution in [2.45, 2.75) is 6.92 Å². The van der Waals surface area contributed by atoms with Crippen LogP contribution in [0.5, 0.6) is 0 Å². The van der Waals surface area contributed by atoms with E-state index in [1.165, 1.54) is 12.1 Å². The number of ether oxygens (including phenoxy) is 1. The van der Waals surface area contributed by atoms with E-state index in [1.54, 1.807) is 46.0 Å². The van der Waals surface area contributed by atoms with Crippen LogP contribution < -0.4 is 0 Å². The Morgan fingerprint density at radius 2 is 1.88 bits per heavy atom. The fraction of sp³-hybridized carbons (Fsp3) is 0.261. The smallest absolute Gasteiger partial charge is 0.255 e. The number of rotatable bonds is 4. The van der Waals surface area contributed by atoms with Crippen molar-refractivity contribution in [3.63, 3.8) is 0 Å². The van der Waals surface area contributed by atoms with Crippen LogP contribution in [0.15, 0.2) is 55.1 Å². The summed E-state index contributed by atoms with van der Waals surface area (Å²) in [6.07, 6.45) is 5.07. The maximum absolute atomic E-state index is 13.3. The lowest BCUT2D eigenvalue weighted by atomic mass is 9.78. The number of hydrogen-bond donors (Lipinski definition) is 0. The summed E-state index contributed by atoms with van der Waals surface area (Å²) in [7, 11) is 0. The summed E-state index contributed by atoms with van der Waals surface area (Å²) in [5.74, 6) is 0.305. The van der Waals surface area contributed by atoms with Crippen molar-refractivity contribution in [2.24, 2.45) is 5.41 Å². The molecule has 2 aliphatic heterocycles. The number of pyridine rings is 1. The van der Waals surface area contributed by atoms with Crippen LogP contribution in [0.1, 0.15) is 16.1 Å². The Morgan fingerprint density at radius 3 is 2.55 bits per heavy atom. The lowest BCUT2D eigenvalue weighted by molar-refractivity contribution is -0.176. The second-order valence-corrected chi connectivity index (χ2v) is 8.64. The molecule has 0 radical (unpaired) electrons. The third kappa shape index (κ3) is 3.30. The molecule has 1 spiro atoms. The molecule has 5 heterocycles. The fourth-order valence-corrected chi connectivity index (χ4v) is 4.31. The zero-order valence-electron chi connectivity index (χ0n) is 17.8. The van der Waals surface area contributed by atoms with Crippen LogP contribution in [0.2, 0.25) is 0 Å². The maximum Gasteiger partial charge on any atom is 0.255 e. The predicted octanol–water partition coefficient (Wildman–Crippen LogP) is 2.43. The largest absolute Gasteiger partial charge is 0.380 e. The predicted molar refractivity (Wildman–Crippen MR) is 116 cm³/mol. The molecule has 1 amide bonds. The molecule has 0 N–H and O–H groups in total. The molecule has 1 aromatic carbocycles. The van der Waals surface area contributed by atoms with Crippen LogP contribution in [0, 0.1) is 18.2 Å². The Hall–Kier alpha value is -3.92. The number of nitrogens with zero attached hydrogens (tertiary/aromatic N) is 7. The molecule has 0 aliphatic carbocycles. The molecule has 0 unspecified atom stereocenters. The molecule has 4 aromatic rings. The highest BCUT2D eigenvalue weighted by Gasteiger charge is 2.50. The van der Waals surface area contributed by atoms with Gasteiger partial charge in [-0.1, -0.05) is 5.21 Å². The van der Waals surface area contributed by atoms with Crippen LogP contribution >= 0.6 is 0 Å². The monoisotopic (exact) mass is 445 g/mol. The van der Waals surface area contributed by atoms with Gasteiger partial charge in [-0.3, -0.25) is 9.36 Å². The first-order valence-electron chi connectivity index (χ1n) is 10.6. The van der Waals surface area contributed by atoms with Gasteiger partial charge < -0.3 is 9.64 Å². The lowest BCUT2D eigenvalue weighted by Crippen LogP contribution is -2.67. The molecule has 0 atom stereocenters. The summed E-state index contributed by atoms with van der Waals surface area (Å²) in [4.78, 5) is 23.5. The molecule has 2 fully saturated rings. The SMILES string of the molecule is Cc1nnn(-c2ccc(F)cc2)c1-c1cn(-c2ccc(C(=O)N3CC4(COC4)C3)cn2)cn1. The normalized spacial score (nSPS) is 16.5. The first-order valence-corrected chi connectivity index (χ1v) is 10.6.